The third-order valence-electron chi connectivity index (χ3n) is 3.72. The quantitative estimate of drug-likeness (QED) is 0.858. The summed E-state index contributed by atoms with van der Waals surface area (Å²) >= 11 is 0. The minimum absolute atomic E-state index is 0.0524. The Hall–Kier alpha value is -1.39. The van der Waals surface area contributed by atoms with Crippen LogP contribution < -0.4 is 11.1 Å². The third kappa shape index (κ3) is 3.78. The SMILES string of the molecule is CC1CNCCN1C(=O)CCC(N)c1ccccc1. The van der Waals surface area contributed by atoms with E-state index in [-0.39, 0.29) is 18.0 Å². The first-order valence-corrected chi connectivity index (χ1v) is 6.99. The van der Waals surface area contributed by atoms with Crippen LogP contribution in [0.25, 0.3) is 0 Å². The Kier molecular flexibility index (Phi) is 4.93. The first-order chi connectivity index (χ1) is 9.18. The van der Waals surface area contributed by atoms with Crippen molar-refractivity contribution in [2.45, 2.75) is 31.8 Å². The molecule has 1 amide bonds. The van der Waals surface area contributed by atoms with Gasteiger partial charge < -0.3 is 16.0 Å². The first kappa shape index (κ1) is 14.0. The zero-order valence-corrected chi connectivity index (χ0v) is 11.5. The van der Waals surface area contributed by atoms with Crippen LogP contribution in [-0.2, 0) is 4.79 Å². The van der Waals surface area contributed by atoms with Crippen molar-refractivity contribution in [2.75, 3.05) is 19.6 Å². The Balaban J connectivity index is 1.83. The van der Waals surface area contributed by atoms with Gasteiger partial charge in [0.2, 0.25) is 5.91 Å². The summed E-state index contributed by atoms with van der Waals surface area (Å²) in [7, 11) is 0. The number of carbonyl (C=O) groups is 1. The molecule has 0 aliphatic carbocycles. The molecule has 1 aliphatic rings. The summed E-state index contributed by atoms with van der Waals surface area (Å²) in [6.07, 6.45) is 1.24. The van der Waals surface area contributed by atoms with Gasteiger partial charge in [-0.2, -0.15) is 0 Å². The second kappa shape index (κ2) is 6.68. The normalized spacial score (nSPS) is 21.2. The lowest BCUT2D eigenvalue weighted by Gasteiger charge is -2.34. The Bertz CT molecular complexity index is 407. The van der Waals surface area contributed by atoms with Crippen molar-refractivity contribution in [3.05, 3.63) is 35.9 Å². The second-order valence-electron chi connectivity index (χ2n) is 5.20. The molecule has 104 valence electrons. The molecule has 1 aromatic rings. The highest BCUT2D eigenvalue weighted by Crippen LogP contribution is 2.16. The highest BCUT2D eigenvalue weighted by molar-refractivity contribution is 5.76. The number of nitrogens with zero attached hydrogens (tertiary/aromatic N) is 1. The summed E-state index contributed by atoms with van der Waals surface area (Å²) in [5.41, 5.74) is 7.23. The van der Waals surface area contributed by atoms with Crippen molar-refractivity contribution >= 4 is 5.91 Å². The summed E-state index contributed by atoms with van der Waals surface area (Å²) in [5, 5.41) is 3.29. The van der Waals surface area contributed by atoms with Crippen molar-refractivity contribution in [2.24, 2.45) is 5.73 Å². The molecule has 2 atom stereocenters. The van der Waals surface area contributed by atoms with Gasteiger partial charge in [-0.15, -0.1) is 0 Å². The number of rotatable bonds is 4. The molecule has 3 N–H and O–H groups in total. The van der Waals surface area contributed by atoms with Gasteiger partial charge in [0.15, 0.2) is 0 Å². The van der Waals surface area contributed by atoms with E-state index in [1.165, 1.54) is 0 Å². The molecule has 0 radical (unpaired) electrons. The molecule has 0 spiro atoms. The number of nitrogens with one attached hydrogen (secondary N) is 1. The number of benzene rings is 1. The van der Waals surface area contributed by atoms with Gasteiger partial charge in [-0.05, 0) is 18.9 Å². The number of carbonyl (C=O) groups excluding carboxylic acids is 1. The summed E-state index contributed by atoms with van der Waals surface area (Å²) < 4.78 is 0. The van der Waals surface area contributed by atoms with Crippen LogP contribution in [0, 0.1) is 0 Å². The molecule has 0 bridgehead atoms. The summed E-state index contributed by atoms with van der Waals surface area (Å²) in [4.78, 5) is 14.2. The molecule has 0 saturated carbocycles. The Labute approximate surface area is 115 Å². The molecule has 2 rings (SSSR count). The van der Waals surface area contributed by atoms with E-state index in [9.17, 15) is 4.79 Å². The molecule has 19 heavy (non-hydrogen) atoms. The average molecular weight is 261 g/mol. The largest absolute Gasteiger partial charge is 0.337 e. The van der Waals surface area contributed by atoms with Crippen LogP contribution in [0.15, 0.2) is 30.3 Å². The molecule has 1 aromatic carbocycles. The number of hydrogen-bond donors (Lipinski definition) is 2. The van der Waals surface area contributed by atoms with E-state index in [1.54, 1.807) is 0 Å². The molecule has 1 heterocycles. The van der Waals surface area contributed by atoms with Gasteiger partial charge in [0.25, 0.3) is 0 Å². The van der Waals surface area contributed by atoms with Crippen molar-refractivity contribution in [1.29, 1.82) is 0 Å². The van der Waals surface area contributed by atoms with Crippen LogP contribution in [0.2, 0.25) is 0 Å². The van der Waals surface area contributed by atoms with E-state index in [4.69, 9.17) is 5.73 Å². The molecule has 4 nitrogen and oxygen atoms in total. The first-order valence-electron chi connectivity index (χ1n) is 6.99. The molecule has 2 unspecified atom stereocenters. The van der Waals surface area contributed by atoms with Gasteiger partial charge >= 0.3 is 0 Å². The Morgan fingerprint density at radius 1 is 1.47 bits per heavy atom. The fraction of sp³-hybridized carbons (Fsp3) is 0.533. The van der Waals surface area contributed by atoms with Crippen LogP contribution in [0.5, 0.6) is 0 Å². The predicted molar refractivity (Wildman–Crippen MR) is 76.6 cm³/mol. The molecule has 1 aliphatic heterocycles. The lowest BCUT2D eigenvalue weighted by Crippen LogP contribution is -2.52. The maximum Gasteiger partial charge on any atom is 0.222 e. The maximum absolute atomic E-state index is 12.2. The lowest BCUT2D eigenvalue weighted by atomic mass is 10.0. The molecular formula is C15H23N3O. The number of hydrogen-bond acceptors (Lipinski definition) is 3. The minimum atomic E-state index is -0.0524. The maximum atomic E-state index is 12.2. The lowest BCUT2D eigenvalue weighted by molar-refractivity contribution is -0.134. The van der Waals surface area contributed by atoms with E-state index in [1.807, 2.05) is 35.2 Å². The van der Waals surface area contributed by atoms with Gasteiger partial charge in [0, 0.05) is 38.1 Å². The van der Waals surface area contributed by atoms with Crippen LogP contribution >= 0.6 is 0 Å². The van der Waals surface area contributed by atoms with E-state index >= 15 is 0 Å². The summed E-state index contributed by atoms with van der Waals surface area (Å²) in [6.45, 7) is 4.67. The fourth-order valence-electron chi connectivity index (χ4n) is 2.50. The molecular weight excluding hydrogens is 238 g/mol. The topological polar surface area (TPSA) is 58.4 Å². The number of amides is 1. The van der Waals surface area contributed by atoms with Gasteiger partial charge in [-0.25, -0.2) is 0 Å². The van der Waals surface area contributed by atoms with E-state index in [0.717, 1.165) is 25.2 Å². The van der Waals surface area contributed by atoms with Crippen LogP contribution in [0.1, 0.15) is 31.4 Å². The van der Waals surface area contributed by atoms with Crippen LogP contribution in [-0.4, -0.2) is 36.5 Å². The van der Waals surface area contributed by atoms with Crippen molar-refractivity contribution in [3.63, 3.8) is 0 Å². The van der Waals surface area contributed by atoms with Crippen molar-refractivity contribution < 1.29 is 4.79 Å². The molecule has 1 fully saturated rings. The van der Waals surface area contributed by atoms with E-state index < -0.39 is 0 Å². The van der Waals surface area contributed by atoms with Crippen molar-refractivity contribution in [1.82, 2.24) is 10.2 Å². The zero-order chi connectivity index (χ0) is 13.7. The van der Waals surface area contributed by atoms with Gasteiger partial charge in [-0.1, -0.05) is 30.3 Å². The Morgan fingerprint density at radius 3 is 2.89 bits per heavy atom. The smallest absolute Gasteiger partial charge is 0.222 e. The monoisotopic (exact) mass is 261 g/mol. The summed E-state index contributed by atoms with van der Waals surface area (Å²) in [6, 6.07) is 10.2. The van der Waals surface area contributed by atoms with Crippen LogP contribution in [0.3, 0.4) is 0 Å². The number of nitrogens with two attached hydrogens (primary N) is 1. The molecule has 0 aromatic heterocycles. The van der Waals surface area contributed by atoms with Gasteiger partial charge in [0.05, 0.1) is 0 Å². The summed E-state index contributed by atoms with van der Waals surface area (Å²) in [5.74, 6) is 0.223. The average Bonchev–Trinajstić information content (AvgIpc) is 2.46. The van der Waals surface area contributed by atoms with E-state index in [0.29, 0.717) is 12.8 Å². The van der Waals surface area contributed by atoms with E-state index in [2.05, 4.69) is 12.2 Å². The Morgan fingerprint density at radius 2 is 2.21 bits per heavy atom. The zero-order valence-electron chi connectivity index (χ0n) is 11.5. The predicted octanol–water partition coefficient (Wildman–Crippen LogP) is 1.29. The standard InChI is InChI=1S/C15H23N3O/c1-12-11-17-9-10-18(12)15(19)8-7-14(16)13-5-3-2-4-6-13/h2-6,12,14,17H,7-11,16H2,1H3. The van der Waals surface area contributed by atoms with Crippen LogP contribution in [0.4, 0.5) is 0 Å². The second-order valence-corrected chi connectivity index (χ2v) is 5.20. The fourth-order valence-corrected chi connectivity index (χ4v) is 2.50. The third-order valence-corrected chi connectivity index (χ3v) is 3.72. The van der Waals surface area contributed by atoms with Crippen molar-refractivity contribution in [3.8, 4) is 0 Å². The molecule has 4 heteroatoms. The number of piperazine rings is 1. The minimum Gasteiger partial charge on any atom is -0.337 e. The van der Waals surface area contributed by atoms with Gasteiger partial charge in [-0.3, -0.25) is 4.79 Å². The highest BCUT2D eigenvalue weighted by Gasteiger charge is 2.23. The van der Waals surface area contributed by atoms with Gasteiger partial charge in [0.1, 0.15) is 0 Å². The molecule has 1 saturated heterocycles. The highest BCUT2D eigenvalue weighted by atomic mass is 16.2.